The summed E-state index contributed by atoms with van der Waals surface area (Å²) in [7, 11) is 0. The van der Waals surface area contributed by atoms with Gasteiger partial charge in [-0.1, -0.05) is 24.0 Å². The minimum Gasteiger partial charge on any atom is -0.379 e. The number of thiophene rings is 1. The van der Waals surface area contributed by atoms with Crippen molar-refractivity contribution < 1.29 is 14.3 Å². The molecular formula is C42H49ClN10O3S. The van der Waals surface area contributed by atoms with Crippen molar-refractivity contribution in [1.29, 1.82) is 0 Å². The predicted molar refractivity (Wildman–Crippen MR) is 220 cm³/mol. The van der Waals surface area contributed by atoms with Crippen molar-refractivity contribution in [3.8, 4) is 16.8 Å². The van der Waals surface area contributed by atoms with Crippen molar-refractivity contribution in [2.45, 2.75) is 109 Å². The summed E-state index contributed by atoms with van der Waals surface area (Å²) in [5.74, 6) is 8.58. The lowest BCUT2D eigenvalue weighted by atomic mass is 9.82. The number of fused-ring (bicyclic) bond motifs is 4. The highest BCUT2D eigenvalue weighted by atomic mass is 35.5. The Kier molecular flexibility index (Phi) is 10.8. The summed E-state index contributed by atoms with van der Waals surface area (Å²) in [5.41, 5.74) is 7.83. The van der Waals surface area contributed by atoms with Gasteiger partial charge in [-0.3, -0.25) is 38.9 Å². The molecule has 7 heterocycles. The van der Waals surface area contributed by atoms with Crippen LogP contribution in [0.15, 0.2) is 35.6 Å². The van der Waals surface area contributed by atoms with Crippen LogP contribution in [0.1, 0.15) is 102 Å². The summed E-state index contributed by atoms with van der Waals surface area (Å²) in [4.78, 5) is 35.2. The average Bonchev–Trinajstić information content (AvgIpc) is 3.81. The molecule has 0 bridgehead atoms. The quantitative estimate of drug-likeness (QED) is 0.135. The smallest absolute Gasteiger partial charge is 0.243 e. The van der Waals surface area contributed by atoms with Gasteiger partial charge in [0.05, 0.1) is 35.3 Å². The average molecular weight is 809 g/mol. The number of amides is 2. The second-order valence-electron chi connectivity index (χ2n) is 16.1. The Balaban J connectivity index is 0.804. The molecule has 1 saturated carbocycles. The van der Waals surface area contributed by atoms with Gasteiger partial charge in [0.25, 0.3) is 0 Å². The Morgan fingerprint density at radius 3 is 2.74 bits per heavy atom. The molecule has 1 aliphatic carbocycles. The Hall–Kier alpha value is -4.39. The number of ether oxygens (including phenoxy) is 1. The van der Waals surface area contributed by atoms with Gasteiger partial charge in [-0.15, -0.1) is 33.1 Å². The highest BCUT2D eigenvalue weighted by molar-refractivity contribution is 7.15. The van der Waals surface area contributed by atoms with E-state index >= 15 is 0 Å². The molecule has 13 nitrogen and oxygen atoms in total. The van der Waals surface area contributed by atoms with Gasteiger partial charge >= 0.3 is 0 Å². The third-order valence-corrected chi connectivity index (χ3v) is 13.7. The lowest BCUT2D eigenvalue weighted by Gasteiger charge is -2.40. The normalized spacial score (nSPS) is 24.2. The van der Waals surface area contributed by atoms with E-state index in [0.717, 1.165) is 102 Å². The number of aliphatic imine (C=N–C) groups is 1. The summed E-state index contributed by atoms with van der Waals surface area (Å²) >= 11 is 8.22. The Labute approximate surface area is 342 Å². The van der Waals surface area contributed by atoms with Gasteiger partial charge in [-0.2, -0.15) is 5.10 Å². The fourth-order valence-corrected chi connectivity index (χ4v) is 10.5. The molecule has 0 radical (unpaired) electrons. The first-order chi connectivity index (χ1) is 27.7. The van der Waals surface area contributed by atoms with Crippen LogP contribution in [0.5, 0.6) is 0 Å². The molecule has 298 valence electrons. The van der Waals surface area contributed by atoms with E-state index in [-0.39, 0.29) is 29.3 Å². The first-order valence-electron chi connectivity index (χ1n) is 20.3. The lowest BCUT2D eigenvalue weighted by molar-refractivity contribution is -0.140. The molecule has 3 fully saturated rings. The van der Waals surface area contributed by atoms with Gasteiger partial charge in [0.1, 0.15) is 23.6 Å². The van der Waals surface area contributed by atoms with Gasteiger partial charge in [-0.05, 0) is 82.1 Å². The van der Waals surface area contributed by atoms with Crippen molar-refractivity contribution in [3.05, 3.63) is 74.9 Å². The molecule has 4 aliphatic heterocycles. The molecule has 9 rings (SSSR count). The topological polar surface area (TPSA) is 135 Å². The molecule has 2 amide bonds. The van der Waals surface area contributed by atoms with Crippen LogP contribution in [0.4, 0.5) is 5.69 Å². The van der Waals surface area contributed by atoms with Gasteiger partial charge in [0, 0.05) is 73.6 Å². The Morgan fingerprint density at radius 1 is 1.07 bits per heavy atom. The molecule has 15 heteroatoms. The number of anilines is 1. The molecular weight excluding hydrogens is 760 g/mol. The van der Waals surface area contributed by atoms with E-state index in [1.165, 1.54) is 16.8 Å². The van der Waals surface area contributed by atoms with Crippen LogP contribution in [-0.4, -0.2) is 95.7 Å². The minimum absolute atomic E-state index is 0.0736. The number of alkyl halides is 1. The zero-order valence-electron chi connectivity index (χ0n) is 32.8. The fraction of sp³-hybridized carbons (Fsp3) is 0.524. The zero-order valence-corrected chi connectivity index (χ0v) is 34.3. The first kappa shape index (κ1) is 38.1. The van der Waals surface area contributed by atoms with Gasteiger partial charge < -0.3 is 10.1 Å². The monoisotopic (exact) mass is 808 g/mol. The highest BCUT2D eigenvalue weighted by Gasteiger charge is 2.36. The number of nitrogens with one attached hydrogen (secondary N) is 2. The number of aromatic nitrogens is 5. The summed E-state index contributed by atoms with van der Waals surface area (Å²) in [6, 6.07) is 6.19. The van der Waals surface area contributed by atoms with Crippen LogP contribution in [-0.2, 0) is 34.0 Å². The number of piperidine rings is 1. The SMILES string of the molecule is Cc1c(C#Cc2cnn(CCCN3CC(Nc4cccc5c4CN(C4CCC(=O)NC4=O)COC5)C3)c2)sc2c1C(C1CCC(Cl)CC1)=N[C@@H](C)c1nnc(C)n1-2. The van der Waals surface area contributed by atoms with Crippen LogP contribution in [0.25, 0.3) is 5.00 Å². The number of imide groups is 1. The molecule has 2 saturated heterocycles. The number of nitrogens with zero attached hydrogens (tertiary/aromatic N) is 8. The summed E-state index contributed by atoms with van der Waals surface area (Å²) in [6.45, 7) is 11.5. The number of carbonyl (C=O) groups is 2. The Bertz CT molecular complexity index is 2270. The van der Waals surface area contributed by atoms with Crippen molar-refractivity contribution in [3.63, 3.8) is 0 Å². The molecule has 1 unspecified atom stereocenters. The van der Waals surface area contributed by atoms with Crippen molar-refractivity contribution in [2.75, 3.05) is 31.7 Å². The van der Waals surface area contributed by atoms with Crippen LogP contribution >= 0.6 is 22.9 Å². The van der Waals surface area contributed by atoms with Crippen LogP contribution in [0.2, 0.25) is 0 Å². The molecule has 57 heavy (non-hydrogen) atoms. The summed E-state index contributed by atoms with van der Waals surface area (Å²) in [5, 5.41) is 21.2. The van der Waals surface area contributed by atoms with Crippen LogP contribution in [0, 0.1) is 31.6 Å². The van der Waals surface area contributed by atoms with Gasteiger partial charge in [0.2, 0.25) is 11.8 Å². The van der Waals surface area contributed by atoms with Crippen molar-refractivity contribution >= 4 is 46.2 Å². The third kappa shape index (κ3) is 7.80. The number of hydrogen-bond donors (Lipinski definition) is 2. The molecule has 3 aromatic heterocycles. The second kappa shape index (κ2) is 16.1. The number of likely N-dealkylation sites (tertiary alicyclic amines) is 1. The maximum absolute atomic E-state index is 12.6. The van der Waals surface area contributed by atoms with Crippen molar-refractivity contribution in [1.82, 2.24) is 39.7 Å². The largest absolute Gasteiger partial charge is 0.379 e. The van der Waals surface area contributed by atoms with E-state index in [1.807, 2.05) is 28.9 Å². The number of rotatable bonds is 8. The summed E-state index contributed by atoms with van der Waals surface area (Å²) in [6.07, 6.45) is 9.88. The van der Waals surface area contributed by atoms with E-state index in [1.54, 1.807) is 11.3 Å². The standard InChI is InChI=1S/C42H49ClN10O3S/c1-25-36(57-42-38(25)39(29-9-11-31(43)12-10-29)45-26(2)40-49-48-27(3)53(40)42)14-8-28-18-44-52(19-28)17-5-16-50-20-32(21-50)46-34-7-4-6-30-23-56-24-51(22-33(30)34)35-13-15-37(54)47-41(35)55/h4,6-7,18-19,26,29,31-32,35,46H,5,9-13,15-17,20-24H2,1-3H3,(H,47,54,55)/t26-,29?,31?,35?/m0/s1. The van der Waals surface area contributed by atoms with Gasteiger partial charge in [0.15, 0.2) is 5.82 Å². The van der Waals surface area contributed by atoms with Crippen LogP contribution < -0.4 is 10.6 Å². The predicted octanol–water partition coefficient (Wildman–Crippen LogP) is 5.48. The van der Waals surface area contributed by atoms with Crippen LogP contribution in [0.3, 0.4) is 0 Å². The fourth-order valence-electron chi connectivity index (χ4n) is 8.99. The van der Waals surface area contributed by atoms with Gasteiger partial charge in [-0.25, -0.2) is 0 Å². The second-order valence-corrected chi connectivity index (χ2v) is 17.8. The number of halogens is 1. The van der Waals surface area contributed by atoms with E-state index in [0.29, 0.717) is 44.7 Å². The molecule has 2 N–H and O–H groups in total. The number of hydrogen-bond acceptors (Lipinski definition) is 11. The van der Waals surface area contributed by atoms with Crippen molar-refractivity contribution in [2.24, 2.45) is 10.9 Å². The molecule has 4 aromatic rings. The Morgan fingerprint density at radius 2 is 1.91 bits per heavy atom. The first-order valence-corrected chi connectivity index (χ1v) is 21.5. The maximum Gasteiger partial charge on any atom is 0.243 e. The zero-order chi connectivity index (χ0) is 39.2. The minimum atomic E-state index is -0.368. The highest BCUT2D eigenvalue weighted by Crippen LogP contribution is 2.42. The molecule has 1 aromatic carbocycles. The number of aryl methyl sites for hydroxylation is 2. The van der Waals surface area contributed by atoms with E-state index < -0.39 is 0 Å². The summed E-state index contributed by atoms with van der Waals surface area (Å²) < 4.78 is 10.1. The number of carbonyl (C=O) groups excluding carboxylic acids is 2. The molecule has 0 spiro atoms. The lowest BCUT2D eigenvalue weighted by Crippen LogP contribution is -2.55. The van der Waals surface area contributed by atoms with E-state index in [4.69, 9.17) is 21.3 Å². The molecule has 2 atom stereocenters. The maximum atomic E-state index is 12.6. The van der Waals surface area contributed by atoms with E-state index in [9.17, 15) is 9.59 Å². The molecule has 5 aliphatic rings. The van der Waals surface area contributed by atoms with E-state index in [2.05, 4.69) is 79.3 Å². The third-order valence-electron chi connectivity index (χ3n) is 12.1. The number of benzene rings is 1.